The van der Waals surface area contributed by atoms with Crippen molar-refractivity contribution in [3.63, 3.8) is 0 Å². The Labute approximate surface area is 111 Å². The van der Waals surface area contributed by atoms with Crippen LogP contribution < -0.4 is 5.32 Å². The van der Waals surface area contributed by atoms with Crippen molar-refractivity contribution < 1.29 is 0 Å². The molecule has 2 aromatic heterocycles. The van der Waals surface area contributed by atoms with Crippen LogP contribution in [0.5, 0.6) is 0 Å². The van der Waals surface area contributed by atoms with Crippen LogP contribution in [-0.2, 0) is 19.5 Å². The summed E-state index contributed by atoms with van der Waals surface area (Å²) in [6, 6.07) is 0. The Bertz CT molecular complexity index is 414. The van der Waals surface area contributed by atoms with Gasteiger partial charge in [0.1, 0.15) is 12.7 Å². The van der Waals surface area contributed by atoms with Crippen molar-refractivity contribution in [1.82, 2.24) is 25.1 Å². The Balaban J connectivity index is 0.00000144. The zero-order valence-electron chi connectivity index (χ0n) is 9.67. The summed E-state index contributed by atoms with van der Waals surface area (Å²) in [5, 5.41) is 10.7. The van der Waals surface area contributed by atoms with Crippen molar-refractivity contribution >= 4 is 23.7 Å². The fourth-order valence-corrected chi connectivity index (χ4v) is 2.10. The molecule has 0 unspecified atom stereocenters. The van der Waals surface area contributed by atoms with Gasteiger partial charge in [-0.3, -0.25) is 4.68 Å². The van der Waals surface area contributed by atoms with Crippen molar-refractivity contribution in [2.24, 2.45) is 0 Å². The standard InChI is InChI=1S/C10H15N5S.ClH/c1-2-10-14-9(6-16-10)5-11-3-4-15-8-12-7-13-15;/h6-8,11H,2-5H2,1H3;1H. The number of hydrogen-bond donors (Lipinski definition) is 1. The SMILES string of the molecule is CCc1nc(CNCCn2cncn2)cs1.Cl. The van der Waals surface area contributed by atoms with Gasteiger partial charge in [-0.25, -0.2) is 9.97 Å². The average Bonchev–Trinajstić information content (AvgIpc) is 2.95. The molecular weight excluding hydrogens is 258 g/mol. The van der Waals surface area contributed by atoms with E-state index in [1.807, 2.05) is 4.68 Å². The first-order valence-electron chi connectivity index (χ1n) is 5.35. The topological polar surface area (TPSA) is 55.6 Å². The molecule has 0 spiro atoms. The van der Waals surface area contributed by atoms with E-state index in [0.717, 1.165) is 31.7 Å². The molecule has 0 fully saturated rings. The van der Waals surface area contributed by atoms with Crippen molar-refractivity contribution in [2.45, 2.75) is 26.4 Å². The van der Waals surface area contributed by atoms with Gasteiger partial charge in [0, 0.05) is 18.5 Å². The number of aryl methyl sites for hydroxylation is 1. The van der Waals surface area contributed by atoms with E-state index in [0.29, 0.717) is 0 Å². The number of halogens is 1. The highest BCUT2D eigenvalue weighted by Gasteiger charge is 1.99. The monoisotopic (exact) mass is 273 g/mol. The molecule has 0 aliphatic carbocycles. The minimum Gasteiger partial charge on any atom is -0.309 e. The molecular formula is C10H16ClN5S. The Hall–Kier alpha value is -0.980. The Morgan fingerprint density at radius 2 is 2.35 bits per heavy atom. The minimum absolute atomic E-state index is 0. The largest absolute Gasteiger partial charge is 0.309 e. The van der Waals surface area contributed by atoms with E-state index in [1.54, 1.807) is 24.0 Å². The van der Waals surface area contributed by atoms with Crippen molar-refractivity contribution in [1.29, 1.82) is 0 Å². The molecule has 0 amide bonds. The summed E-state index contributed by atoms with van der Waals surface area (Å²) in [5.74, 6) is 0. The molecule has 17 heavy (non-hydrogen) atoms. The quantitative estimate of drug-likeness (QED) is 0.811. The summed E-state index contributed by atoms with van der Waals surface area (Å²) in [6.45, 7) is 4.67. The average molecular weight is 274 g/mol. The summed E-state index contributed by atoms with van der Waals surface area (Å²) < 4.78 is 1.81. The lowest BCUT2D eigenvalue weighted by molar-refractivity contribution is 0.551. The third kappa shape index (κ3) is 4.41. The molecule has 2 rings (SSSR count). The normalized spacial score (nSPS) is 10.2. The lowest BCUT2D eigenvalue weighted by Gasteiger charge is -2.02. The molecule has 0 bridgehead atoms. The molecule has 94 valence electrons. The van der Waals surface area contributed by atoms with E-state index < -0.39 is 0 Å². The first-order valence-corrected chi connectivity index (χ1v) is 6.23. The third-order valence-corrected chi connectivity index (χ3v) is 3.23. The van der Waals surface area contributed by atoms with Crippen LogP contribution >= 0.6 is 23.7 Å². The van der Waals surface area contributed by atoms with Gasteiger partial charge < -0.3 is 5.32 Å². The van der Waals surface area contributed by atoms with E-state index in [1.165, 1.54) is 5.01 Å². The Morgan fingerprint density at radius 3 is 3.00 bits per heavy atom. The van der Waals surface area contributed by atoms with Crippen molar-refractivity contribution in [3.8, 4) is 0 Å². The fraction of sp³-hybridized carbons (Fsp3) is 0.500. The fourth-order valence-electron chi connectivity index (χ4n) is 1.35. The lowest BCUT2D eigenvalue weighted by Crippen LogP contribution is -2.19. The van der Waals surface area contributed by atoms with Gasteiger partial charge in [0.2, 0.25) is 0 Å². The van der Waals surface area contributed by atoms with Crippen LogP contribution in [0.1, 0.15) is 17.6 Å². The predicted octanol–water partition coefficient (Wildman–Crippen LogP) is 1.51. The molecule has 0 saturated heterocycles. The second kappa shape index (κ2) is 7.37. The van der Waals surface area contributed by atoms with Gasteiger partial charge in [0.25, 0.3) is 0 Å². The Kier molecular flexibility index (Phi) is 6.10. The zero-order valence-corrected chi connectivity index (χ0v) is 11.3. The van der Waals surface area contributed by atoms with Gasteiger partial charge in [0.15, 0.2) is 0 Å². The number of hydrogen-bond acceptors (Lipinski definition) is 5. The first-order chi connectivity index (χ1) is 7.88. The molecule has 2 heterocycles. The number of nitrogens with one attached hydrogen (secondary N) is 1. The smallest absolute Gasteiger partial charge is 0.137 e. The first kappa shape index (κ1) is 14.1. The van der Waals surface area contributed by atoms with Gasteiger partial charge >= 0.3 is 0 Å². The summed E-state index contributed by atoms with van der Waals surface area (Å²) >= 11 is 1.73. The second-order valence-electron chi connectivity index (χ2n) is 3.42. The number of nitrogens with zero attached hydrogens (tertiary/aromatic N) is 4. The minimum atomic E-state index is 0. The number of aromatic nitrogens is 4. The molecule has 0 radical (unpaired) electrons. The summed E-state index contributed by atoms with van der Waals surface area (Å²) in [4.78, 5) is 8.37. The third-order valence-electron chi connectivity index (χ3n) is 2.19. The molecule has 1 N–H and O–H groups in total. The highest BCUT2D eigenvalue weighted by atomic mass is 35.5. The zero-order chi connectivity index (χ0) is 11.2. The van der Waals surface area contributed by atoms with Crippen molar-refractivity contribution in [2.75, 3.05) is 6.54 Å². The van der Waals surface area contributed by atoms with E-state index in [2.05, 4.69) is 32.7 Å². The van der Waals surface area contributed by atoms with Gasteiger partial charge in [-0.2, -0.15) is 5.10 Å². The van der Waals surface area contributed by atoms with Crippen molar-refractivity contribution in [3.05, 3.63) is 28.7 Å². The maximum atomic E-state index is 4.48. The van der Waals surface area contributed by atoms with Crippen LogP contribution in [0.3, 0.4) is 0 Å². The van der Waals surface area contributed by atoms with Crippen LogP contribution in [0.2, 0.25) is 0 Å². The second-order valence-corrected chi connectivity index (χ2v) is 4.36. The molecule has 7 heteroatoms. The maximum Gasteiger partial charge on any atom is 0.137 e. The molecule has 5 nitrogen and oxygen atoms in total. The van der Waals surface area contributed by atoms with Crippen LogP contribution in [0.25, 0.3) is 0 Å². The van der Waals surface area contributed by atoms with Gasteiger partial charge in [-0.1, -0.05) is 6.92 Å². The van der Waals surface area contributed by atoms with E-state index in [4.69, 9.17) is 0 Å². The van der Waals surface area contributed by atoms with Crippen LogP contribution in [0, 0.1) is 0 Å². The molecule has 0 saturated carbocycles. The van der Waals surface area contributed by atoms with E-state index in [9.17, 15) is 0 Å². The predicted molar refractivity (Wildman–Crippen MR) is 70.5 cm³/mol. The number of thiazole rings is 1. The molecule has 0 aliphatic heterocycles. The van der Waals surface area contributed by atoms with Gasteiger partial charge in [0.05, 0.1) is 17.2 Å². The van der Waals surface area contributed by atoms with Crippen LogP contribution in [0.15, 0.2) is 18.0 Å². The van der Waals surface area contributed by atoms with Gasteiger partial charge in [-0.05, 0) is 6.42 Å². The summed E-state index contributed by atoms with van der Waals surface area (Å²) in [6.07, 6.45) is 4.29. The van der Waals surface area contributed by atoms with Crippen LogP contribution in [0.4, 0.5) is 0 Å². The highest BCUT2D eigenvalue weighted by molar-refractivity contribution is 7.09. The van der Waals surface area contributed by atoms with Gasteiger partial charge in [-0.15, -0.1) is 23.7 Å². The molecule has 0 atom stereocenters. The molecule has 0 aromatic carbocycles. The molecule has 0 aliphatic rings. The summed E-state index contributed by atoms with van der Waals surface area (Å²) in [5.41, 5.74) is 1.13. The lowest BCUT2D eigenvalue weighted by atomic mass is 10.4. The summed E-state index contributed by atoms with van der Waals surface area (Å²) in [7, 11) is 0. The van der Waals surface area contributed by atoms with Crippen LogP contribution in [-0.4, -0.2) is 26.3 Å². The number of rotatable bonds is 6. The molecule has 2 aromatic rings. The van der Waals surface area contributed by atoms with E-state index in [-0.39, 0.29) is 12.4 Å². The Morgan fingerprint density at radius 1 is 1.47 bits per heavy atom. The van der Waals surface area contributed by atoms with E-state index >= 15 is 0 Å². The highest BCUT2D eigenvalue weighted by Crippen LogP contribution is 2.09. The maximum absolute atomic E-state index is 4.48.